The summed E-state index contributed by atoms with van der Waals surface area (Å²) >= 11 is 6.11. The zero-order valence-electron chi connectivity index (χ0n) is 8.02. The molecule has 0 aliphatic heterocycles. The molecule has 1 atom stereocenters. The molecule has 2 heteroatoms. The standard InChI is InChI=1S/C12H12ClN/c1-10(13)11-6-2-3-7-12(11)14-8-4-5-9-14/h2-10H,1H3. The molecule has 0 fully saturated rings. The highest BCUT2D eigenvalue weighted by molar-refractivity contribution is 6.20. The number of aromatic nitrogens is 1. The number of halogens is 1. The number of alkyl halides is 1. The van der Waals surface area contributed by atoms with Gasteiger partial charge < -0.3 is 4.57 Å². The predicted molar refractivity (Wildman–Crippen MR) is 60.0 cm³/mol. The third-order valence-electron chi connectivity index (χ3n) is 2.25. The van der Waals surface area contributed by atoms with E-state index in [4.69, 9.17) is 11.6 Å². The van der Waals surface area contributed by atoms with E-state index in [9.17, 15) is 0 Å². The highest BCUT2D eigenvalue weighted by Gasteiger charge is 2.07. The van der Waals surface area contributed by atoms with Crippen LogP contribution < -0.4 is 0 Å². The Morgan fingerprint density at radius 3 is 2.36 bits per heavy atom. The summed E-state index contributed by atoms with van der Waals surface area (Å²) in [5.41, 5.74) is 2.31. The molecule has 1 nitrogen and oxygen atoms in total. The van der Waals surface area contributed by atoms with Crippen LogP contribution in [0.5, 0.6) is 0 Å². The normalized spacial score (nSPS) is 12.7. The smallest absolute Gasteiger partial charge is 0.0577 e. The Labute approximate surface area is 88.9 Å². The van der Waals surface area contributed by atoms with Crippen LogP contribution >= 0.6 is 11.6 Å². The third kappa shape index (κ3) is 1.68. The zero-order valence-corrected chi connectivity index (χ0v) is 8.78. The van der Waals surface area contributed by atoms with Gasteiger partial charge in [0, 0.05) is 18.1 Å². The second-order valence-corrected chi connectivity index (χ2v) is 3.92. The van der Waals surface area contributed by atoms with Crippen molar-refractivity contribution in [2.45, 2.75) is 12.3 Å². The molecule has 0 radical (unpaired) electrons. The lowest BCUT2D eigenvalue weighted by Gasteiger charge is -2.11. The molecule has 0 N–H and O–H groups in total. The maximum Gasteiger partial charge on any atom is 0.0577 e. The Balaban J connectivity index is 2.53. The average Bonchev–Trinajstić information content (AvgIpc) is 2.70. The van der Waals surface area contributed by atoms with Gasteiger partial charge in [0.15, 0.2) is 0 Å². The molecule has 72 valence electrons. The molecule has 1 unspecified atom stereocenters. The lowest BCUT2D eigenvalue weighted by molar-refractivity contribution is 0.995. The van der Waals surface area contributed by atoms with E-state index in [-0.39, 0.29) is 5.38 Å². The van der Waals surface area contributed by atoms with Crippen LogP contribution in [0.4, 0.5) is 0 Å². The fourth-order valence-corrected chi connectivity index (χ4v) is 1.74. The first-order valence-electron chi connectivity index (χ1n) is 4.65. The lowest BCUT2D eigenvalue weighted by Crippen LogP contribution is -1.96. The van der Waals surface area contributed by atoms with Crippen LogP contribution in [0.2, 0.25) is 0 Å². The zero-order chi connectivity index (χ0) is 9.97. The lowest BCUT2D eigenvalue weighted by atomic mass is 10.1. The molecule has 0 aliphatic carbocycles. The monoisotopic (exact) mass is 205 g/mol. The summed E-state index contributed by atoms with van der Waals surface area (Å²) in [6.07, 6.45) is 4.05. The van der Waals surface area contributed by atoms with Crippen LogP contribution in [0.3, 0.4) is 0 Å². The van der Waals surface area contributed by atoms with E-state index in [0.717, 1.165) is 11.3 Å². The van der Waals surface area contributed by atoms with Crippen LogP contribution in [-0.4, -0.2) is 4.57 Å². The molecule has 2 aromatic rings. The van der Waals surface area contributed by atoms with E-state index in [1.165, 1.54) is 0 Å². The van der Waals surface area contributed by atoms with E-state index in [2.05, 4.69) is 16.7 Å². The largest absolute Gasteiger partial charge is 0.324 e. The Morgan fingerprint density at radius 2 is 1.71 bits per heavy atom. The minimum Gasteiger partial charge on any atom is -0.324 e. The Hall–Kier alpha value is -1.21. The summed E-state index contributed by atoms with van der Waals surface area (Å²) in [4.78, 5) is 0. The number of hydrogen-bond donors (Lipinski definition) is 0. The van der Waals surface area contributed by atoms with E-state index in [0.29, 0.717) is 0 Å². The van der Waals surface area contributed by atoms with Crippen molar-refractivity contribution in [1.29, 1.82) is 0 Å². The predicted octanol–water partition coefficient (Wildman–Crippen LogP) is 3.78. The molecule has 1 aromatic heterocycles. The van der Waals surface area contributed by atoms with Crippen LogP contribution in [0.15, 0.2) is 48.8 Å². The van der Waals surface area contributed by atoms with Crippen LogP contribution in [0, 0.1) is 0 Å². The van der Waals surface area contributed by atoms with Crippen molar-refractivity contribution >= 4 is 11.6 Å². The average molecular weight is 206 g/mol. The molecular weight excluding hydrogens is 194 g/mol. The van der Waals surface area contributed by atoms with Crippen molar-refractivity contribution < 1.29 is 0 Å². The number of hydrogen-bond acceptors (Lipinski definition) is 0. The highest BCUT2D eigenvalue weighted by Crippen LogP contribution is 2.25. The molecule has 1 aromatic carbocycles. The van der Waals surface area contributed by atoms with Gasteiger partial charge in [-0.1, -0.05) is 18.2 Å². The van der Waals surface area contributed by atoms with E-state index in [1.807, 2.05) is 43.6 Å². The SMILES string of the molecule is CC(Cl)c1ccccc1-n1cccc1. The van der Waals surface area contributed by atoms with Crippen molar-refractivity contribution in [1.82, 2.24) is 4.57 Å². The first kappa shape index (κ1) is 9.35. The molecule has 0 spiro atoms. The van der Waals surface area contributed by atoms with Crippen molar-refractivity contribution in [2.75, 3.05) is 0 Å². The molecular formula is C12H12ClN. The van der Waals surface area contributed by atoms with Crippen LogP contribution in [0.1, 0.15) is 17.9 Å². The molecule has 1 heterocycles. The maximum atomic E-state index is 6.11. The second-order valence-electron chi connectivity index (χ2n) is 3.27. The van der Waals surface area contributed by atoms with Gasteiger partial charge in [-0.3, -0.25) is 0 Å². The van der Waals surface area contributed by atoms with Gasteiger partial charge in [-0.2, -0.15) is 0 Å². The maximum absolute atomic E-state index is 6.11. The molecule has 14 heavy (non-hydrogen) atoms. The Kier molecular flexibility index (Phi) is 2.60. The van der Waals surface area contributed by atoms with Gasteiger partial charge in [0.2, 0.25) is 0 Å². The summed E-state index contributed by atoms with van der Waals surface area (Å²) in [5.74, 6) is 0. The highest BCUT2D eigenvalue weighted by atomic mass is 35.5. The van der Waals surface area contributed by atoms with Crippen molar-refractivity contribution in [2.24, 2.45) is 0 Å². The summed E-state index contributed by atoms with van der Waals surface area (Å²) in [6, 6.07) is 12.2. The number of rotatable bonds is 2. The number of para-hydroxylation sites is 1. The van der Waals surface area contributed by atoms with E-state index < -0.39 is 0 Å². The summed E-state index contributed by atoms with van der Waals surface area (Å²) in [7, 11) is 0. The van der Waals surface area contributed by atoms with E-state index in [1.54, 1.807) is 0 Å². The molecule has 0 saturated carbocycles. The van der Waals surface area contributed by atoms with Gasteiger partial charge in [-0.05, 0) is 30.7 Å². The summed E-state index contributed by atoms with van der Waals surface area (Å²) in [6.45, 7) is 1.99. The summed E-state index contributed by atoms with van der Waals surface area (Å²) in [5, 5.41) is 0.0357. The summed E-state index contributed by atoms with van der Waals surface area (Å²) < 4.78 is 2.08. The fourth-order valence-electron chi connectivity index (χ4n) is 1.55. The number of nitrogens with zero attached hydrogens (tertiary/aromatic N) is 1. The third-order valence-corrected chi connectivity index (χ3v) is 2.48. The minimum atomic E-state index is 0.0357. The Bertz CT molecular complexity index is 404. The fraction of sp³-hybridized carbons (Fsp3) is 0.167. The van der Waals surface area contributed by atoms with Crippen molar-refractivity contribution in [3.63, 3.8) is 0 Å². The minimum absolute atomic E-state index is 0.0357. The van der Waals surface area contributed by atoms with Crippen LogP contribution in [0.25, 0.3) is 5.69 Å². The Morgan fingerprint density at radius 1 is 1.07 bits per heavy atom. The molecule has 0 bridgehead atoms. The molecule has 0 aliphatic rings. The van der Waals surface area contributed by atoms with Gasteiger partial charge in [-0.25, -0.2) is 0 Å². The first-order valence-corrected chi connectivity index (χ1v) is 5.09. The van der Waals surface area contributed by atoms with Gasteiger partial charge in [0.05, 0.1) is 5.38 Å². The van der Waals surface area contributed by atoms with E-state index >= 15 is 0 Å². The number of benzene rings is 1. The topological polar surface area (TPSA) is 4.93 Å². The van der Waals surface area contributed by atoms with Gasteiger partial charge >= 0.3 is 0 Å². The molecule has 2 rings (SSSR count). The molecule has 0 saturated heterocycles. The quantitative estimate of drug-likeness (QED) is 0.658. The molecule has 0 amide bonds. The van der Waals surface area contributed by atoms with Gasteiger partial charge in [0.1, 0.15) is 0 Å². The van der Waals surface area contributed by atoms with Gasteiger partial charge in [0.25, 0.3) is 0 Å². The van der Waals surface area contributed by atoms with Crippen LogP contribution in [-0.2, 0) is 0 Å². The van der Waals surface area contributed by atoms with Crippen molar-refractivity contribution in [3.8, 4) is 5.69 Å². The second kappa shape index (κ2) is 3.89. The van der Waals surface area contributed by atoms with Gasteiger partial charge in [-0.15, -0.1) is 11.6 Å². The van der Waals surface area contributed by atoms with Crippen molar-refractivity contribution in [3.05, 3.63) is 54.4 Å². The first-order chi connectivity index (χ1) is 6.79.